The molecule has 3 rings (SSSR count). The largest absolute Gasteiger partial charge is 0.224 e. The molecule has 1 atom stereocenters. The van der Waals surface area contributed by atoms with Gasteiger partial charge < -0.3 is 0 Å². The third-order valence-electron chi connectivity index (χ3n) is 4.53. The number of alkyl halides is 1. The van der Waals surface area contributed by atoms with Gasteiger partial charge in [0.2, 0.25) is 0 Å². The van der Waals surface area contributed by atoms with Crippen molar-refractivity contribution in [2.45, 2.75) is 42.4 Å². The van der Waals surface area contributed by atoms with E-state index in [2.05, 4.69) is 18.2 Å². The van der Waals surface area contributed by atoms with Crippen molar-refractivity contribution in [3.05, 3.63) is 59.2 Å². The Morgan fingerprint density at radius 2 is 1.74 bits per heavy atom. The second kappa shape index (κ2) is 5.95. The highest BCUT2D eigenvalue weighted by atomic mass is 35.5. The summed E-state index contributed by atoms with van der Waals surface area (Å²) in [6.45, 7) is 2.02. The maximum atomic E-state index is 11.6. The number of rotatable bonds is 3. The SMILES string of the molecule is CC1(Cl)C=CC(C2=C(c3ccc(S(C)(=O)=O)cc3)CCC2)=CC1. The zero-order valence-electron chi connectivity index (χ0n) is 13.5. The van der Waals surface area contributed by atoms with Crippen LogP contribution in [0.15, 0.2) is 58.5 Å². The van der Waals surface area contributed by atoms with Crippen molar-refractivity contribution in [2.75, 3.05) is 6.26 Å². The molecule has 0 aromatic heterocycles. The van der Waals surface area contributed by atoms with Crippen LogP contribution in [-0.4, -0.2) is 19.5 Å². The lowest BCUT2D eigenvalue weighted by atomic mass is 9.90. The molecule has 0 aliphatic heterocycles. The van der Waals surface area contributed by atoms with Gasteiger partial charge in [0.05, 0.1) is 9.77 Å². The molecule has 4 heteroatoms. The van der Waals surface area contributed by atoms with Crippen molar-refractivity contribution in [3.63, 3.8) is 0 Å². The van der Waals surface area contributed by atoms with E-state index in [1.54, 1.807) is 12.1 Å². The molecule has 0 heterocycles. The van der Waals surface area contributed by atoms with E-state index in [0.717, 1.165) is 31.2 Å². The van der Waals surface area contributed by atoms with Gasteiger partial charge in [-0.15, -0.1) is 11.6 Å². The molecule has 2 aliphatic carbocycles. The first-order chi connectivity index (χ1) is 10.8. The standard InChI is InChI=1S/C19H21ClO2S/c1-19(20)12-10-15(11-13-19)18-5-3-4-17(18)14-6-8-16(9-7-14)23(2,21)22/h6-12H,3-5,13H2,1-2H3. The van der Waals surface area contributed by atoms with E-state index in [9.17, 15) is 8.42 Å². The minimum absolute atomic E-state index is 0.278. The fraction of sp³-hybridized carbons (Fsp3) is 0.368. The molecule has 1 aromatic rings. The number of benzene rings is 1. The average Bonchev–Trinajstić information content (AvgIpc) is 2.96. The van der Waals surface area contributed by atoms with Crippen LogP contribution in [-0.2, 0) is 9.84 Å². The Bertz CT molecular complexity index is 809. The van der Waals surface area contributed by atoms with E-state index >= 15 is 0 Å². The molecule has 2 nitrogen and oxygen atoms in total. The zero-order chi connectivity index (χ0) is 16.7. The topological polar surface area (TPSA) is 34.1 Å². The molecule has 0 saturated heterocycles. The normalized spacial score (nSPS) is 24.9. The Hall–Kier alpha value is -1.32. The molecule has 0 N–H and O–H groups in total. The second-order valence-corrected chi connectivity index (χ2v) is 9.46. The van der Waals surface area contributed by atoms with Crippen molar-refractivity contribution in [1.82, 2.24) is 0 Å². The first kappa shape index (κ1) is 16.5. The van der Waals surface area contributed by atoms with Crippen molar-refractivity contribution >= 4 is 27.0 Å². The molecular formula is C19H21ClO2S. The number of sulfone groups is 1. The summed E-state index contributed by atoms with van der Waals surface area (Å²) < 4.78 is 23.2. The summed E-state index contributed by atoms with van der Waals surface area (Å²) in [6, 6.07) is 7.26. The van der Waals surface area contributed by atoms with E-state index in [4.69, 9.17) is 11.6 Å². The Morgan fingerprint density at radius 1 is 1.09 bits per heavy atom. The van der Waals surface area contributed by atoms with Crippen molar-refractivity contribution in [2.24, 2.45) is 0 Å². The van der Waals surface area contributed by atoms with Gasteiger partial charge in [-0.05, 0) is 67.0 Å². The highest BCUT2D eigenvalue weighted by Gasteiger charge is 2.23. The van der Waals surface area contributed by atoms with Crippen LogP contribution in [0.5, 0.6) is 0 Å². The summed E-state index contributed by atoms with van der Waals surface area (Å²) in [6.07, 6.45) is 11.7. The Kier molecular flexibility index (Phi) is 4.28. The van der Waals surface area contributed by atoms with Crippen LogP contribution >= 0.6 is 11.6 Å². The summed E-state index contributed by atoms with van der Waals surface area (Å²) in [7, 11) is -3.14. The number of hydrogen-bond acceptors (Lipinski definition) is 2. The van der Waals surface area contributed by atoms with Crippen molar-refractivity contribution < 1.29 is 8.42 Å². The van der Waals surface area contributed by atoms with E-state index in [1.165, 1.54) is 23.0 Å². The lowest BCUT2D eigenvalue weighted by molar-refractivity contribution is 0.602. The Labute approximate surface area is 143 Å². The zero-order valence-corrected chi connectivity index (χ0v) is 15.0. The maximum absolute atomic E-state index is 11.6. The molecule has 2 aliphatic rings. The molecule has 0 fully saturated rings. The first-order valence-electron chi connectivity index (χ1n) is 7.87. The summed E-state index contributed by atoms with van der Waals surface area (Å²) >= 11 is 6.35. The lowest BCUT2D eigenvalue weighted by Crippen LogP contribution is -2.14. The minimum atomic E-state index is -3.14. The summed E-state index contributed by atoms with van der Waals surface area (Å²) in [5.41, 5.74) is 5.10. The first-order valence-corrected chi connectivity index (χ1v) is 10.1. The van der Waals surface area contributed by atoms with E-state index < -0.39 is 9.84 Å². The fourth-order valence-corrected chi connectivity index (χ4v) is 3.99. The fourth-order valence-electron chi connectivity index (χ4n) is 3.22. The Balaban J connectivity index is 1.95. The molecule has 0 spiro atoms. The quantitative estimate of drug-likeness (QED) is 0.727. The maximum Gasteiger partial charge on any atom is 0.175 e. The number of halogens is 1. The van der Waals surface area contributed by atoms with Gasteiger partial charge in [0.1, 0.15) is 0 Å². The van der Waals surface area contributed by atoms with Crippen LogP contribution in [0, 0.1) is 0 Å². The van der Waals surface area contributed by atoms with Crippen molar-refractivity contribution in [3.8, 4) is 0 Å². The smallest absolute Gasteiger partial charge is 0.175 e. The Morgan fingerprint density at radius 3 is 2.30 bits per heavy atom. The molecule has 23 heavy (non-hydrogen) atoms. The summed E-state index contributed by atoms with van der Waals surface area (Å²) in [5.74, 6) is 0. The molecule has 0 saturated carbocycles. The number of allylic oxidation sites excluding steroid dienone is 6. The monoisotopic (exact) mass is 348 g/mol. The molecule has 0 radical (unpaired) electrons. The summed E-state index contributed by atoms with van der Waals surface area (Å²) in [4.78, 5) is 0.0936. The third kappa shape index (κ3) is 3.61. The van der Waals surface area contributed by atoms with Crippen LogP contribution in [0.25, 0.3) is 5.57 Å². The average molecular weight is 349 g/mol. The molecular weight excluding hydrogens is 328 g/mol. The van der Waals surface area contributed by atoms with Crippen LogP contribution in [0.2, 0.25) is 0 Å². The summed E-state index contributed by atoms with van der Waals surface area (Å²) in [5, 5.41) is 0. The van der Waals surface area contributed by atoms with Gasteiger partial charge in [0, 0.05) is 6.26 Å². The third-order valence-corrected chi connectivity index (χ3v) is 5.94. The molecule has 0 bridgehead atoms. The van der Waals surface area contributed by atoms with Gasteiger partial charge in [0.15, 0.2) is 9.84 Å². The van der Waals surface area contributed by atoms with Gasteiger partial charge in [0.25, 0.3) is 0 Å². The molecule has 0 amide bonds. The van der Waals surface area contributed by atoms with Gasteiger partial charge in [-0.2, -0.15) is 0 Å². The van der Waals surface area contributed by atoms with Gasteiger partial charge >= 0.3 is 0 Å². The van der Waals surface area contributed by atoms with Crippen LogP contribution in [0.1, 0.15) is 38.2 Å². The van der Waals surface area contributed by atoms with E-state index in [1.807, 2.05) is 19.1 Å². The highest BCUT2D eigenvalue weighted by Crippen LogP contribution is 2.40. The van der Waals surface area contributed by atoms with Crippen LogP contribution in [0.4, 0.5) is 0 Å². The molecule has 122 valence electrons. The van der Waals surface area contributed by atoms with Gasteiger partial charge in [-0.25, -0.2) is 8.42 Å². The van der Waals surface area contributed by atoms with Gasteiger partial charge in [-0.1, -0.05) is 30.4 Å². The van der Waals surface area contributed by atoms with Crippen molar-refractivity contribution in [1.29, 1.82) is 0 Å². The van der Waals surface area contributed by atoms with Crippen LogP contribution < -0.4 is 0 Å². The molecule has 1 aromatic carbocycles. The minimum Gasteiger partial charge on any atom is -0.224 e. The predicted octanol–water partition coefficient (Wildman–Crippen LogP) is 4.91. The highest BCUT2D eigenvalue weighted by molar-refractivity contribution is 7.90. The predicted molar refractivity (Wildman–Crippen MR) is 96.4 cm³/mol. The van der Waals surface area contributed by atoms with Crippen LogP contribution in [0.3, 0.4) is 0 Å². The van der Waals surface area contributed by atoms with E-state index in [-0.39, 0.29) is 4.87 Å². The lowest BCUT2D eigenvalue weighted by Gasteiger charge is -2.21. The van der Waals surface area contributed by atoms with E-state index in [0.29, 0.717) is 4.90 Å². The second-order valence-electron chi connectivity index (χ2n) is 6.58. The molecule has 1 unspecified atom stereocenters. The van der Waals surface area contributed by atoms with Gasteiger partial charge in [-0.3, -0.25) is 0 Å². The number of hydrogen-bond donors (Lipinski definition) is 0.